The second-order valence-electron chi connectivity index (χ2n) is 9.38. The fourth-order valence-corrected chi connectivity index (χ4v) is 5.34. The van der Waals surface area contributed by atoms with Crippen molar-refractivity contribution in [3.05, 3.63) is 75.8 Å². The third kappa shape index (κ3) is 3.10. The van der Waals surface area contributed by atoms with E-state index in [1.54, 1.807) is 6.92 Å². The molecule has 0 radical (unpaired) electrons. The third-order valence-electron chi connectivity index (χ3n) is 6.80. The third-order valence-corrected chi connectivity index (χ3v) is 6.80. The van der Waals surface area contributed by atoms with Crippen LogP contribution in [0.5, 0.6) is 0 Å². The monoisotopic (exact) mass is 385 g/mol. The van der Waals surface area contributed by atoms with Crippen LogP contribution in [0, 0.1) is 20.8 Å². The number of aliphatic imine (C=N–C) groups is 1. The lowest BCUT2D eigenvalue weighted by Crippen LogP contribution is -2.25. The van der Waals surface area contributed by atoms with Crippen molar-refractivity contribution in [3.63, 3.8) is 0 Å². The van der Waals surface area contributed by atoms with Crippen LogP contribution in [0.2, 0.25) is 0 Å². The van der Waals surface area contributed by atoms with Crippen LogP contribution in [-0.2, 0) is 0 Å². The van der Waals surface area contributed by atoms with Crippen LogP contribution in [0.25, 0.3) is 10.8 Å². The van der Waals surface area contributed by atoms with Crippen molar-refractivity contribution in [3.8, 4) is 0 Å². The zero-order valence-electron chi connectivity index (χ0n) is 17.8. The summed E-state index contributed by atoms with van der Waals surface area (Å²) in [6.45, 7) is 8.21. The maximum atomic E-state index is 14.4. The topological polar surface area (TPSA) is 12.4 Å². The molecule has 0 unspecified atom stereocenters. The molecule has 2 heteroatoms. The molecule has 0 N–H and O–H groups in total. The summed E-state index contributed by atoms with van der Waals surface area (Å²) in [6.07, 6.45) is 3.17. The Bertz CT molecular complexity index is 1140. The van der Waals surface area contributed by atoms with Gasteiger partial charge >= 0.3 is 0 Å². The predicted octanol–water partition coefficient (Wildman–Crippen LogP) is 7.63. The van der Waals surface area contributed by atoms with E-state index in [4.69, 9.17) is 4.99 Å². The van der Waals surface area contributed by atoms with Gasteiger partial charge in [-0.1, -0.05) is 41.5 Å². The van der Waals surface area contributed by atoms with E-state index in [2.05, 4.69) is 63.2 Å². The van der Waals surface area contributed by atoms with Gasteiger partial charge in [-0.2, -0.15) is 0 Å². The smallest absolute Gasteiger partial charge is 0.108 e. The number of benzene rings is 3. The minimum Gasteiger partial charge on any atom is -0.247 e. The highest BCUT2D eigenvalue weighted by Crippen LogP contribution is 2.47. The molecule has 3 aromatic carbocycles. The molecule has 1 aliphatic heterocycles. The first-order chi connectivity index (χ1) is 13.8. The van der Waals surface area contributed by atoms with Crippen molar-refractivity contribution in [1.29, 1.82) is 0 Å². The van der Waals surface area contributed by atoms with E-state index in [0.717, 1.165) is 24.2 Å². The lowest BCUT2D eigenvalue weighted by atomic mass is 9.76. The molecule has 1 nitrogen and oxygen atoms in total. The van der Waals surface area contributed by atoms with E-state index in [-0.39, 0.29) is 0 Å². The number of aryl methyl sites for hydroxylation is 3. The van der Waals surface area contributed by atoms with Gasteiger partial charge in [0.05, 0.1) is 11.4 Å². The first-order valence-corrected chi connectivity index (χ1v) is 10.8. The van der Waals surface area contributed by atoms with Gasteiger partial charge in [-0.15, -0.1) is 0 Å². The predicted molar refractivity (Wildman–Crippen MR) is 121 cm³/mol. The van der Waals surface area contributed by atoms with Crippen LogP contribution in [0.3, 0.4) is 0 Å². The average Bonchev–Trinajstić information content (AvgIpc) is 3.05. The number of nitrogens with zero attached hydrogens (tertiary/aromatic N) is 1. The van der Waals surface area contributed by atoms with E-state index < -0.39 is 5.67 Å². The molecular formula is C27H28FN. The minimum atomic E-state index is -1.00. The number of rotatable bonds is 2. The largest absolute Gasteiger partial charge is 0.247 e. The summed E-state index contributed by atoms with van der Waals surface area (Å²) in [4.78, 5) is 5.11. The van der Waals surface area contributed by atoms with Crippen LogP contribution in [0.1, 0.15) is 71.9 Å². The Morgan fingerprint density at radius 2 is 1.66 bits per heavy atom. The summed E-state index contributed by atoms with van der Waals surface area (Å²) in [7, 11) is 0. The number of alkyl halides is 1. The second kappa shape index (κ2) is 6.52. The van der Waals surface area contributed by atoms with E-state index in [1.165, 1.54) is 44.2 Å². The minimum absolute atomic E-state index is 0.437. The van der Waals surface area contributed by atoms with Crippen LogP contribution in [-0.4, -0.2) is 11.4 Å². The Morgan fingerprint density at radius 1 is 0.966 bits per heavy atom. The van der Waals surface area contributed by atoms with Gasteiger partial charge in [0.15, 0.2) is 0 Å². The van der Waals surface area contributed by atoms with Crippen molar-refractivity contribution in [2.45, 2.75) is 65.0 Å². The lowest BCUT2D eigenvalue weighted by Gasteiger charge is -2.32. The van der Waals surface area contributed by atoms with Crippen molar-refractivity contribution >= 4 is 22.2 Å². The Hall–Kier alpha value is -2.48. The van der Waals surface area contributed by atoms with Crippen molar-refractivity contribution < 1.29 is 4.39 Å². The molecule has 2 aliphatic rings. The van der Waals surface area contributed by atoms with Gasteiger partial charge in [-0.05, 0) is 87.9 Å². The molecule has 0 spiro atoms. The van der Waals surface area contributed by atoms with Crippen molar-refractivity contribution in [2.75, 3.05) is 0 Å². The van der Waals surface area contributed by atoms with Crippen LogP contribution in [0.15, 0.2) is 47.5 Å². The highest BCUT2D eigenvalue weighted by atomic mass is 19.1. The summed E-state index contributed by atoms with van der Waals surface area (Å²) in [5.74, 6) is 0.437. The maximum absolute atomic E-state index is 14.4. The van der Waals surface area contributed by atoms with Crippen LogP contribution < -0.4 is 0 Å². The Morgan fingerprint density at radius 3 is 2.34 bits per heavy atom. The molecule has 1 fully saturated rings. The molecule has 1 saturated carbocycles. The molecule has 0 atom stereocenters. The Labute approximate surface area is 172 Å². The molecule has 1 heterocycles. The van der Waals surface area contributed by atoms with Gasteiger partial charge in [0.1, 0.15) is 5.67 Å². The maximum Gasteiger partial charge on any atom is 0.108 e. The molecule has 1 aliphatic carbocycles. The average molecular weight is 386 g/mol. The zero-order valence-corrected chi connectivity index (χ0v) is 17.8. The summed E-state index contributed by atoms with van der Waals surface area (Å²) in [5.41, 5.74) is 8.76. The molecule has 0 aromatic heterocycles. The standard InChI is InChI=1S/C27H28FN/c1-16-12-17(2)14-20(13-16)26-22-7-5-6-21-23(15-18(3)25(29-26)24(21)22)19-8-10-27(4,28)11-9-19/h5-7,12-15,19H,8-11H2,1-4H3. The number of halogens is 1. The SMILES string of the molecule is Cc1cc(C)cc(C2=Nc3c(C)cc(C4CCC(C)(F)CC4)c4cccc2c34)c1. The molecule has 148 valence electrons. The second-order valence-corrected chi connectivity index (χ2v) is 9.38. The molecule has 5 rings (SSSR count). The zero-order chi connectivity index (χ0) is 20.3. The summed E-state index contributed by atoms with van der Waals surface area (Å²) in [6, 6.07) is 15.6. The van der Waals surface area contributed by atoms with E-state index in [1.807, 2.05) is 0 Å². The first-order valence-electron chi connectivity index (χ1n) is 10.8. The normalized spacial score (nSPS) is 23.5. The van der Waals surface area contributed by atoms with Gasteiger partial charge in [0.25, 0.3) is 0 Å². The fourth-order valence-electron chi connectivity index (χ4n) is 5.34. The summed E-state index contributed by atoms with van der Waals surface area (Å²) in [5, 5.41) is 2.59. The molecule has 29 heavy (non-hydrogen) atoms. The highest BCUT2D eigenvalue weighted by molar-refractivity contribution is 6.27. The van der Waals surface area contributed by atoms with Gasteiger partial charge in [-0.3, -0.25) is 0 Å². The molecule has 3 aromatic rings. The Balaban J connectivity index is 1.66. The number of hydrogen-bond acceptors (Lipinski definition) is 1. The van der Waals surface area contributed by atoms with Gasteiger partial charge in [0.2, 0.25) is 0 Å². The first kappa shape index (κ1) is 18.5. The van der Waals surface area contributed by atoms with Crippen molar-refractivity contribution in [1.82, 2.24) is 0 Å². The van der Waals surface area contributed by atoms with Crippen LogP contribution in [0.4, 0.5) is 10.1 Å². The highest BCUT2D eigenvalue weighted by Gasteiger charge is 2.33. The Kier molecular flexibility index (Phi) is 4.17. The summed E-state index contributed by atoms with van der Waals surface area (Å²) < 4.78 is 14.4. The summed E-state index contributed by atoms with van der Waals surface area (Å²) >= 11 is 0. The molecule has 0 amide bonds. The van der Waals surface area contributed by atoms with Gasteiger partial charge < -0.3 is 0 Å². The molecule has 0 bridgehead atoms. The van der Waals surface area contributed by atoms with Crippen LogP contribution >= 0.6 is 0 Å². The molecule has 0 saturated heterocycles. The quantitative estimate of drug-likeness (QED) is 0.336. The van der Waals surface area contributed by atoms with E-state index >= 15 is 0 Å². The fraction of sp³-hybridized carbons (Fsp3) is 0.370. The van der Waals surface area contributed by atoms with E-state index in [9.17, 15) is 4.39 Å². The number of hydrogen-bond donors (Lipinski definition) is 0. The lowest BCUT2D eigenvalue weighted by molar-refractivity contribution is 0.120. The van der Waals surface area contributed by atoms with Gasteiger partial charge in [0, 0.05) is 16.5 Å². The molecular weight excluding hydrogens is 357 g/mol. The van der Waals surface area contributed by atoms with Crippen molar-refractivity contribution in [2.24, 2.45) is 4.99 Å². The van der Waals surface area contributed by atoms with E-state index in [0.29, 0.717) is 18.8 Å². The van der Waals surface area contributed by atoms with Gasteiger partial charge in [-0.25, -0.2) is 9.38 Å².